The summed E-state index contributed by atoms with van der Waals surface area (Å²) >= 11 is 4.46. The number of anilines is 1. The Kier molecular flexibility index (Phi) is 5.63. The third kappa shape index (κ3) is 4.70. The van der Waals surface area contributed by atoms with E-state index < -0.39 is 0 Å². The van der Waals surface area contributed by atoms with E-state index in [0.717, 1.165) is 25.9 Å². The number of hydrogen-bond donors (Lipinski definition) is 2. The summed E-state index contributed by atoms with van der Waals surface area (Å²) in [4.78, 5) is 4.31. The highest BCUT2D eigenvalue weighted by Gasteiger charge is 2.02. The third-order valence-corrected chi connectivity index (χ3v) is 4.14. The Morgan fingerprint density at radius 3 is 2.19 bits per heavy atom. The molecule has 0 saturated heterocycles. The van der Waals surface area contributed by atoms with Crippen molar-refractivity contribution in [3.05, 3.63) is 61.4 Å². The van der Waals surface area contributed by atoms with Crippen molar-refractivity contribution in [2.24, 2.45) is 0 Å². The number of hydrogen-bond acceptors (Lipinski definition) is 3. The topological polar surface area (TPSA) is 59.1 Å². The molecule has 3 N–H and O–H groups in total. The van der Waals surface area contributed by atoms with Crippen LogP contribution in [0, 0.1) is 14.1 Å². The van der Waals surface area contributed by atoms with E-state index in [1.807, 2.05) is 49.4 Å². The molecule has 0 spiro atoms. The van der Waals surface area contributed by atoms with Crippen molar-refractivity contribution in [2.45, 2.75) is 6.92 Å². The summed E-state index contributed by atoms with van der Waals surface area (Å²) in [6.07, 6.45) is 0. The van der Waals surface area contributed by atoms with Gasteiger partial charge in [0, 0.05) is 30.0 Å². The van der Waals surface area contributed by atoms with Gasteiger partial charge in [0.15, 0.2) is 0 Å². The first-order valence-electron chi connectivity index (χ1n) is 6.22. The van der Waals surface area contributed by atoms with E-state index in [9.17, 15) is 5.11 Å². The summed E-state index contributed by atoms with van der Waals surface area (Å²) in [6.45, 7) is 1.87. The number of nitrogens with two attached hydrogens (primary N) is 1. The summed E-state index contributed by atoms with van der Waals surface area (Å²) in [5.41, 5.74) is 7.93. The summed E-state index contributed by atoms with van der Waals surface area (Å²) in [5, 5.41) is 10.5. The predicted molar refractivity (Wildman–Crippen MR) is 104 cm³/mol. The molecule has 3 rings (SSSR count). The fourth-order valence-electron chi connectivity index (χ4n) is 1.77. The summed E-state index contributed by atoms with van der Waals surface area (Å²) in [7, 11) is 0. The maximum atomic E-state index is 9.63. The minimum atomic E-state index is 0.306. The molecule has 0 bridgehead atoms. The van der Waals surface area contributed by atoms with Gasteiger partial charge in [-0.3, -0.25) is 4.98 Å². The number of rotatable bonds is 0. The summed E-state index contributed by atoms with van der Waals surface area (Å²) < 4.78 is 2.32. The lowest BCUT2D eigenvalue weighted by Crippen LogP contribution is -1.84. The minimum absolute atomic E-state index is 0.306. The van der Waals surface area contributed by atoms with Crippen LogP contribution < -0.4 is 5.73 Å². The van der Waals surface area contributed by atoms with Crippen molar-refractivity contribution < 1.29 is 5.11 Å². The standard InChI is InChI=1S/C10H8INO.C6H6IN/c1-6-4-10(13)8-5-7(11)2-3-9(8)12-6;7-5-1-3-6(8)4-2-5/h2-5H,1H3,(H,12,13);1-4H,8H2. The first-order chi connectivity index (χ1) is 9.95. The molecule has 21 heavy (non-hydrogen) atoms. The minimum Gasteiger partial charge on any atom is -0.507 e. The number of aromatic nitrogens is 1. The molecule has 1 heterocycles. The van der Waals surface area contributed by atoms with Gasteiger partial charge in [-0.15, -0.1) is 0 Å². The van der Waals surface area contributed by atoms with Crippen molar-refractivity contribution in [1.82, 2.24) is 4.98 Å². The number of aryl methyl sites for hydroxylation is 1. The quantitative estimate of drug-likeness (QED) is 0.344. The van der Waals surface area contributed by atoms with Gasteiger partial charge in [-0.2, -0.15) is 0 Å². The van der Waals surface area contributed by atoms with Gasteiger partial charge >= 0.3 is 0 Å². The van der Waals surface area contributed by atoms with Crippen LogP contribution in [0.5, 0.6) is 5.75 Å². The van der Waals surface area contributed by atoms with E-state index >= 15 is 0 Å². The Morgan fingerprint density at radius 1 is 0.952 bits per heavy atom. The molecule has 0 saturated carbocycles. The molecule has 0 aliphatic carbocycles. The van der Waals surface area contributed by atoms with Gasteiger partial charge < -0.3 is 10.8 Å². The smallest absolute Gasteiger partial charge is 0.126 e. The van der Waals surface area contributed by atoms with E-state index in [4.69, 9.17) is 5.73 Å². The molecular weight excluding hydrogens is 490 g/mol. The number of aromatic hydroxyl groups is 1. The molecule has 3 nitrogen and oxygen atoms in total. The highest BCUT2D eigenvalue weighted by molar-refractivity contribution is 14.1. The van der Waals surface area contributed by atoms with Crippen LogP contribution in [0.25, 0.3) is 10.9 Å². The van der Waals surface area contributed by atoms with Crippen LogP contribution in [-0.2, 0) is 0 Å². The zero-order chi connectivity index (χ0) is 15.4. The first-order valence-corrected chi connectivity index (χ1v) is 8.38. The van der Waals surface area contributed by atoms with E-state index in [2.05, 4.69) is 50.2 Å². The van der Waals surface area contributed by atoms with Crippen molar-refractivity contribution in [2.75, 3.05) is 5.73 Å². The average Bonchev–Trinajstić information content (AvgIpc) is 2.44. The molecule has 0 amide bonds. The van der Waals surface area contributed by atoms with Crippen molar-refractivity contribution in [3.8, 4) is 5.75 Å². The van der Waals surface area contributed by atoms with Gasteiger partial charge in [0.05, 0.1) is 5.52 Å². The first kappa shape index (κ1) is 16.3. The lowest BCUT2D eigenvalue weighted by Gasteiger charge is -2.02. The van der Waals surface area contributed by atoms with Crippen LogP contribution in [0.2, 0.25) is 0 Å². The number of fused-ring (bicyclic) bond motifs is 1. The van der Waals surface area contributed by atoms with Gasteiger partial charge in [-0.25, -0.2) is 0 Å². The Labute approximate surface area is 150 Å². The molecule has 0 radical (unpaired) electrons. The molecule has 2 aromatic carbocycles. The van der Waals surface area contributed by atoms with Crippen LogP contribution in [0.1, 0.15) is 5.69 Å². The second-order valence-electron chi connectivity index (χ2n) is 4.50. The van der Waals surface area contributed by atoms with Crippen LogP contribution in [0.4, 0.5) is 5.69 Å². The van der Waals surface area contributed by atoms with E-state index in [1.54, 1.807) is 6.07 Å². The average molecular weight is 504 g/mol. The monoisotopic (exact) mass is 504 g/mol. The number of nitrogen functional groups attached to an aromatic ring is 1. The second kappa shape index (κ2) is 7.26. The van der Waals surface area contributed by atoms with Gasteiger partial charge in [-0.05, 0) is 94.6 Å². The van der Waals surface area contributed by atoms with Gasteiger partial charge in [0.1, 0.15) is 5.75 Å². The molecule has 3 aromatic rings. The summed E-state index contributed by atoms with van der Waals surface area (Å²) in [5.74, 6) is 0.306. The lowest BCUT2D eigenvalue weighted by molar-refractivity contribution is 0.480. The van der Waals surface area contributed by atoms with E-state index in [1.165, 1.54) is 3.57 Å². The lowest BCUT2D eigenvalue weighted by atomic mass is 10.2. The van der Waals surface area contributed by atoms with E-state index in [0.29, 0.717) is 5.75 Å². The molecule has 0 aliphatic rings. The fraction of sp³-hybridized carbons (Fsp3) is 0.0625. The number of benzene rings is 2. The van der Waals surface area contributed by atoms with Crippen LogP contribution in [0.3, 0.4) is 0 Å². The molecule has 5 heteroatoms. The Hall–Kier alpha value is -1.09. The number of halogens is 2. The molecule has 0 unspecified atom stereocenters. The highest BCUT2D eigenvalue weighted by Crippen LogP contribution is 2.25. The zero-order valence-corrected chi connectivity index (χ0v) is 15.7. The summed E-state index contributed by atoms with van der Waals surface area (Å²) in [6, 6.07) is 15.3. The zero-order valence-electron chi connectivity index (χ0n) is 11.3. The number of nitrogens with zero attached hydrogens (tertiary/aromatic N) is 1. The van der Waals surface area contributed by atoms with Crippen molar-refractivity contribution >= 4 is 61.8 Å². The fourth-order valence-corrected chi connectivity index (χ4v) is 2.62. The maximum Gasteiger partial charge on any atom is 0.126 e. The largest absolute Gasteiger partial charge is 0.507 e. The third-order valence-electron chi connectivity index (χ3n) is 2.75. The predicted octanol–water partition coefficient (Wildman–Crippen LogP) is 4.73. The molecular formula is C16H14I2N2O. The number of pyridine rings is 1. The maximum absolute atomic E-state index is 9.63. The Morgan fingerprint density at radius 2 is 1.57 bits per heavy atom. The molecule has 0 fully saturated rings. The van der Waals surface area contributed by atoms with Crippen molar-refractivity contribution in [1.29, 1.82) is 0 Å². The highest BCUT2D eigenvalue weighted by atomic mass is 127. The second-order valence-corrected chi connectivity index (χ2v) is 6.99. The van der Waals surface area contributed by atoms with Crippen molar-refractivity contribution in [3.63, 3.8) is 0 Å². The van der Waals surface area contributed by atoms with Crippen LogP contribution >= 0.6 is 45.2 Å². The Balaban J connectivity index is 0.000000173. The Bertz CT molecular complexity index is 737. The van der Waals surface area contributed by atoms with Crippen LogP contribution in [-0.4, -0.2) is 10.1 Å². The van der Waals surface area contributed by atoms with Crippen LogP contribution in [0.15, 0.2) is 48.5 Å². The molecule has 0 aliphatic heterocycles. The molecule has 0 atom stereocenters. The SMILES string of the molecule is Cc1cc(O)c2cc(I)ccc2n1.Nc1ccc(I)cc1. The van der Waals surface area contributed by atoms with Gasteiger partial charge in [0.2, 0.25) is 0 Å². The molecule has 1 aromatic heterocycles. The van der Waals surface area contributed by atoms with Gasteiger partial charge in [-0.1, -0.05) is 0 Å². The van der Waals surface area contributed by atoms with E-state index in [-0.39, 0.29) is 0 Å². The van der Waals surface area contributed by atoms with Gasteiger partial charge in [0.25, 0.3) is 0 Å². The normalized spacial score (nSPS) is 10.0. The molecule has 108 valence electrons.